The molecule has 0 bridgehead atoms. The number of nitrogens with zero attached hydrogens (tertiary/aromatic N) is 2. The Hall–Kier alpha value is -1.88. The number of nitrogens with one attached hydrogen (secondary N) is 1. The molecular formula is C15H19N3O2. The number of carboxylic acids is 1. The van der Waals surface area contributed by atoms with E-state index in [1.807, 2.05) is 25.1 Å². The SMILES string of the molecule is CNC1(C(=O)O)CCC(n2c(C)nc3ccccc32)C1. The molecule has 1 aromatic heterocycles. The zero-order valence-electron chi connectivity index (χ0n) is 11.8. The molecule has 5 nitrogen and oxygen atoms in total. The fourth-order valence-corrected chi connectivity index (χ4v) is 3.39. The zero-order valence-corrected chi connectivity index (χ0v) is 11.8. The minimum Gasteiger partial charge on any atom is -0.480 e. The van der Waals surface area contributed by atoms with Crippen LogP contribution in [0.3, 0.4) is 0 Å². The van der Waals surface area contributed by atoms with E-state index in [1.165, 1.54) is 0 Å². The normalized spacial score (nSPS) is 26.2. The number of para-hydroxylation sites is 2. The summed E-state index contributed by atoms with van der Waals surface area (Å²) in [4.78, 5) is 16.1. The van der Waals surface area contributed by atoms with Gasteiger partial charge in [0.25, 0.3) is 0 Å². The third kappa shape index (κ3) is 1.81. The van der Waals surface area contributed by atoms with Gasteiger partial charge in [0, 0.05) is 6.04 Å². The highest BCUT2D eigenvalue weighted by molar-refractivity contribution is 5.80. The minimum absolute atomic E-state index is 0.186. The van der Waals surface area contributed by atoms with E-state index in [1.54, 1.807) is 7.05 Å². The van der Waals surface area contributed by atoms with Crippen LogP contribution in [0.15, 0.2) is 24.3 Å². The van der Waals surface area contributed by atoms with E-state index in [2.05, 4.69) is 20.9 Å². The first kappa shape index (κ1) is 13.1. The van der Waals surface area contributed by atoms with Gasteiger partial charge in [0.1, 0.15) is 11.4 Å². The molecule has 20 heavy (non-hydrogen) atoms. The predicted octanol–water partition coefficient (Wildman–Crippen LogP) is 2.11. The van der Waals surface area contributed by atoms with E-state index in [4.69, 9.17) is 0 Å². The van der Waals surface area contributed by atoms with E-state index in [9.17, 15) is 9.90 Å². The summed E-state index contributed by atoms with van der Waals surface area (Å²) in [6.45, 7) is 1.99. The van der Waals surface area contributed by atoms with E-state index < -0.39 is 11.5 Å². The lowest BCUT2D eigenvalue weighted by atomic mass is 9.98. The number of benzene rings is 1. The largest absolute Gasteiger partial charge is 0.480 e. The molecule has 106 valence electrons. The average molecular weight is 273 g/mol. The molecule has 1 aliphatic carbocycles. The molecule has 5 heteroatoms. The van der Waals surface area contributed by atoms with Crippen LogP contribution in [0.1, 0.15) is 31.1 Å². The van der Waals surface area contributed by atoms with Gasteiger partial charge >= 0.3 is 5.97 Å². The van der Waals surface area contributed by atoms with Gasteiger partial charge < -0.3 is 15.0 Å². The average Bonchev–Trinajstić information content (AvgIpc) is 2.99. The van der Waals surface area contributed by atoms with Crippen molar-refractivity contribution < 1.29 is 9.90 Å². The number of imidazole rings is 1. The van der Waals surface area contributed by atoms with Crippen molar-refractivity contribution in [2.45, 2.75) is 37.8 Å². The second-order valence-corrected chi connectivity index (χ2v) is 5.55. The van der Waals surface area contributed by atoms with E-state index in [0.717, 1.165) is 23.3 Å². The van der Waals surface area contributed by atoms with E-state index >= 15 is 0 Å². The minimum atomic E-state index is -0.803. The summed E-state index contributed by atoms with van der Waals surface area (Å²) in [5.74, 6) is 0.193. The van der Waals surface area contributed by atoms with Gasteiger partial charge in [-0.3, -0.25) is 4.79 Å². The van der Waals surface area contributed by atoms with E-state index in [-0.39, 0.29) is 6.04 Å². The molecule has 0 saturated heterocycles. The maximum Gasteiger partial charge on any atom is 0.323 e. The van der Waals surface area contributed by atoms with Gasteiger partial charge in [0.05, 0.1) is 11.0 Å². The van der Waals surface area contributed by atoms with Gasteiger partial charge in [-0.05, 0) is 45.4 Å². The maximum atomic E-state index is 11.5. The van der Waals surface area contributed by atoms with Crippen LogP contribution in [0.2, 0.25) is 0 Å². The van der Waals surface area contributed by atoms with Crippen molar-refractivity contribution in [2.75, 3.05) is 7.05 Å². The molecular weight excluding hydrogens is 254 g/mol. The number of hydrogen-bond acceptors (Lipinski definition) is 3. The van der Waals surface area contributed by atoms with Crippen molar-refractivity contribution in [3.63, 3.8) is 0 Å². The summed E-state index contributed by atoms with van der Waals surface area (Å²) in [6.07, 6.45) is 2.10. The fourth-order valence-electron chi connectivity index (χ4n) is 3.39. The first-order chi connectivity index (χ1) is 9.57. The smallest absolute Gasteiger partial charge is 0.323 e. The molecule has 0 radical (unpaired) electrons. The summed E-state index contributed by atoms with van der Waals surface area (Å²) in [5.41, 5.74) is 1.26. The lowest BCUT2D eigenvalue weighted by Crippen LogP contribution is -2.48. The number of aromatic nitrogens is 2. The van der Waals surface area contributed by atoms with E-state index in [0.29, 0.717) is 12.8 Å². The number of aliphatic carboxylic acids is 1. The summed E-state index contributed by atoms with van der Waals surface area (Å²) in [5, 5.41) is 12.5. The molecule has 0 aliphatic heterocycles. The number of fused-ring (bicyclic) bond motifs is 1. The highest BCUT2D eigenvalue weighted by Crippen LogP contribution is 2.40. The Bertz CT molecular complexity index is 664. The third-order valence-corrected chi connectivity index (χ3v) is 4.51. The highest BCUT2D eigenvalue weighted by Gasteiger charge is 2.45. The summed E-state index contributed by atoms with van der Waals surface area (Å²) < 4.78 is 2.19. The van der Waals surface area contributed by atoms with Crippen LogP contribution in [0.4, 0.5) is 0 Å². The molecule has 1 heterocycles. The number of rotatable bonds is 3. The Morgan fingerprint density at radius 2 is 2.25 bits per heavy atom. The van der Waals surface area contributed by atoms with Crippen molar-refractivity contribution >= 4 is 17.0 Å². The molecule has 1 aliphatic rings. The topological polar surface area (TPSA) is 67.2 Å². The molecule has 1 aromatic carbocycles. The molecule has 1 fully saturated rings. The Balaban J connectivity index is 2.01. The Kier molecular flexibility index (Phi) is 3.01. The first-order valence-corrected chi connectivity index (χ1v) is 6.93. The van der Waals surface area contributed by atoms with Crippen LogP contribution in [0, 0.1) is 6.92 Å². The standard InChI is InChI=1S/C15H19N3O2/c1-10-17-12-5-3-4-6-13(12)18(10)11-7-8-15(9-11,16-2)14(19)20/h3-6,11,16H,7-9H2,1-2H3,(H,19,20). The van der Waals surface area contributed by atoms with Crippen molar-refractivity contribution in [3.05, 3.63) is 30.1 Å². The van der Waals surface area contributed by atoms with Crippen LogP contribution in [0.5, 0.6) is 0 Å². The Morgan fingerprint density at radius 3 is 2.90 bits per heavy atom. The highest BCUT2D eigenvalue weighted by atomic mass is 16.4. The van der Waals surface area contributed by atoms with Crippen LogP contribution in [-0.4, -0.2) is 33.2 Å². The second kappa shape index (κ2) is 4.59. The summed E-state index contributed by atoms with van der Waals surface area (Å²) >= 11 is 0. The lowest BCUT2D eigenvalue weighted by molar-refractivity contribution is -0.144. The van der Waals surface area contributed by atoms with Crippen LogP contribution >= 0.6 is 0 Å². The first-order valence-electron chi connectivity index (χ1n) is 6.93. The maximum absolute atomic E-state index is 11.5. The van der Waals surface area contributed by atoms with Crippen molar-refractivity contribution in [1.29, 1.82) is 0 Å². The van der Waals surface area contributed by atoms with Crippen molar-refractivity contribution in [3.8, 4) is 0 Å². The number of aryl methyl sites for hydroxylation is 1. The number of carboxylic acid groups (broad SMARTS) is 1. The van der Waals surface area contributed by atoms with Crippen molar-refractivity contribution in [2.24, 2.45) is 0 Å². The Labute approximate surface area is 117 Å². The van der Waals surface area contributed by atoms with Crippen LogP contribution < -0.4 is 5.32 Å². The van der Waals surface area contributed by atoms with Crippen molar-refractivity contribution in [1.82, 2.24) is 14.9 Å². The van der Waals surface area contributed by atoms with Gasteiger partial charge in [0.2, 0.25) is 0 Å². The molecule has 1 saturated carbocycles. The quantitative estimate of drug-likeness (QED) is 0.899. The van der Waals surface area contributed by atoms with Gasteiger partial charge in [-0.1, -0.05) is 12.1 Å². The molecule has 2 aromatic rings. The van der Waals surface area contributed by atoms with Crippen LogP contribution in [-0.2, 0) is 4.79 Å². The predicted molar refractivity (Wildman–Crippen MR) is 76.8 cm³/mol. The van der Waals surface area contributed by atoms with Gasteiger partial charge in [-0.15, -0.1) is 0 Å². The monoisotopic (exact) mass is 273 g/mol. The number of likely N-dealkylation sites (N-methyl/N-ethyl adjacent to an activating group) is 1. The third-order valence-electron chi connectivity index (χ3n) is 4.51. The summed E-state index contributed by atoms with van der Waals surface area (Å²) in [7, 11) is 1.73. The number of hydrogen-bond donors (Lipinski definition) is 2. The molecule has 0 spiro atoms. The molecule has 2 N–H and O–H groups in total. The fraction of sp³-hybridized carbons (Fsp3) is 0.467. The molecule has 2 unspecified atom stereocenters. The second-order valence-electron chi connectivity index (χ2n) is 5.55. The zero-order chi connectivity index (χ0) is 14.3. The molecule has 2 atom stereocenters. The van der Waals surface area contributed by atoms with Gasteiger partial charge in [0.15, 0.2) is 0 Å². The van der Waals surface area contributed by atoms with Gasteiger partial charge in [-0.2, -0.15) is 0 Å². The molecule has 0 amide bonds. The van der Waals surface area contributed by atoms with Crippen LogP contribution in [0.25, 0.3) is 11.0 Å². The molecule has 3 rings (SSSR count). The number of carbonyl (C=O) groups is 1. The summed E-state index contributed by atoms with van der Waals surface area (Å²) in [6, 6.07) is 8.21. The lowest BCUT2D eigenvalue weighted by Gasteiger charge is -2.24. The Morgan fingerprint density at radius 1 is 1.50 bits per heavy atom. The van der Waals surface area contributed by atoms with Gasteiger partial charge in [-0.25, -0.2) is 4.98 Å².